The van der Waals surface area contributed by atoms with Crippen LogP contribution in [0.2, 0.25) is 0 Å². The largest absolute Gasteiger partial charge is 0.363 e. The topological polar surface area (TPSA) is 82.9 Å². The molecule has 0 saturated carbocycles. The molecule has 0 bridgehead atoms. The fourth-order valence-electron chi connectivity index (χ4n) is 4.08. The van der Waals surface area contributed by atoms with Crippen LogP contribution in [0.1, 0.15) is 25.7 Å². The molecular weight excluding hydrogens is 579 g/mol. The Morgan fingerprint density at radius 3 is 2.84 bits per heavy atom. The van der Waals surface area contributed by atoms with Crippen LogP contribution in [0, 0.1) is 5.82 Å². The number of nitrogens with zero attached hydrogens (tertiary/aromatic N) is 3. The van der Waals surface area contributed by atoms with Crippen molar-refractivity contribution in [3.05, 3.63) is 57.6 Å². The number of hydrogen-bond donors (Lipinski definition) is 0. The Bertz CT molecular complexity index is 1280. The molecule has 1 fully saturated rings. The minimum Gasteiger partial charge on any atom is -0.363 e. The predicted molar refractivity (Wildman–Crippen MR) is 135 cm³/mol. The first kappa shape index (κ1) is 27.8. The molecule has 0 N–H and O–H groups in total. The summed E-state index contributed by atoms with van der Waals surface area (Å²) in [5, 5.41) is 4.43. The lowest BCUT2D eigenvalue weighted by atomic mass is 10.1. The summed E-state index contributed by atoms with van der Waals surface area (Å²) in [6, 6.07) is 4.12. The molecule has 2 unspecified atom stereocenters. The Morgan fingerprint density at radius 1 is 1.30 bits per heavy atom. The van der Waals surface area contributed by atoms with E-state index < -0.39 is 45.9 Å². The molecule has 2 atom stereocenters. The molecule has 4 rings (SSSR count). The maximum atomic E-state index is 15.8. The number of halogens is 4. The highest BCUT2D eigenvalue weighted by atomic mass is 79.9. The second kappa shape index (κ2) is 12.1. The van der Waals surface area contributed by atoms with E-state index in [0.717, 1.165) is 31.4 Å². The molecule has 1 aliphatic heterocycles. The Balaban J connectivity index is 1.60. The molecule has 0 spiro atoms. The van der Waals surface area contributed by atoms with Crippen molar-refractivity contribution in [1.29, 1.82) is 0 Å². The standard InChI is InChI=1S/C24H27BrF3N3O5S/c1-34-15-31(37(32,33)21-13-16(26)8-9-19(21)27)20-6-4-5-17(23(20)28)24-18(25)14-30(29-24)10-12-36-22-7-2-3-11-35-22/h4-6,8-9,14,16,22H,2-3,7,10-13,15H2,1H3. The van der Waals surface area contributed by atoms with Crippen LogP contribution in [-0.4, -0.2) is 57.7 Å². The molecular formula is C24H27BrF3N3O5S. The number of methoxy groups -OCH3 is 1. The van der Waals surface area contributed by atoms with Gasteiger partial charge in [0.1, 0.15) is 29.3 Å². The van der Waals surface area contributed by atoms with Crippen LogP contribution in [0.25, 0.3) is 11.3 Å². The summed E-state index contributed by atoms with van der Waals surface area (Å²) in [5.74, 6) is -2.01. The summed E-state index contributed by atoms with van der Waals surface area (Å²) in [6.07, 6.45) is 3.61. The minimum atomic E-state index is -4.65. The van der Waals surface area contributed by atoms with Crippen LogP contribution in [-0.2, 0) is 30.8 Å². The SMILES string of the molecule is COCN(c1cccc(-c2nn(CCOC3CCCCO3)cc2Br)c1F)S(=O)(=O)C1=C(F)C=CC(F)C1. The van der Waals surface area contributed by atoms with Crippen molar-refractivity contribution in [2.45, 2.75) is 44.7 Å². The normalized spacial score (nSPS) is 20.5. The smallest absolute Gasteiger partial charge is 0.265 e. The third-order valence-electron chi connectivity index (χ3n) is 5.93. The van der Waals surface area contributed by atoms with E-state index in [9.17, 15) is 17.2 Å². The lowest BCUT2D eigenvalue weighted by Gasteiger charge is -2.27. The first-order valence-electron chi connectivity index (χ1n) is 11.7. The Morgan fingerprint density at radius 2 is 2.11 bits per heavy atom. The fraction of sp³-hybridized carbons (Fsp3) is 0.458. The molecule has 2 aliphatic rings. The first-order valence-corrected chi connectivity index (χ1v) is 13.9. The zero-order valence-electron chi connectivity index (χ0n) is 20.1. The van der Waals surface area contributed by atoms with Crippen LogP contribution < -0.4 is 4.31 Å². The average Bonchev–Trinajstić information content (AvgIpc) is 3.25. The van der Waals surface area contributed by atoms with Crippen LogP contribution in [0.5, 0.6) is 0 Å². The molecule has 2 aromatic rings. The van der Waals surface area contributed by atoms with Gasteiger partial charge in [-0.3, -0.25) is 4.68 Å². The molecule has 1 aromatic carbocycles. The lowest BCUT2D eigenvalue weighted by Crippen LogP contribution is -2.35. The van der Waals surface area contributed by atoms with Crippen molar-refractivity contribution >= 4 is 31.6 Å². The average molecular weight is 606 g/mol. The van der Waals surface area contributed by atoms with Crippen LogP contribution in [0.15, 0.2) is 51.8 Å². The molecule has 0 radical (unpaired) electrons. The second-order valence-electron chi connectivity index (χ2n) is 8.52. The summed E-state index contributed by atoms with van der Waals surface area (Å²) in [4.78, 5) is -0.781. The van der Waals surface area contributed by atoms with Gasteiger partial charge in [0.25, 0.3) is 10.0 Å². The van der Waals surface area contributed by atoms with E-state index >= 15 is 4.39 Å². The van der Waals surface area contributed by atoms with Gasteiger partial charge in [-0.15, -0.1) is 0 Å². The maximum Gasteiger partial charge on any atom is 0.265 e. The van der Waals surface area contributed by atoms with Crippen molar-refractivity contribution in [2.24, 2.45) is 0 Å². The van der Waals surface area contributed by atoms with Gasteiger partial charge in [-0.2, -0.15) is 5.10 Å². The van der Waals surface area contributed by atoms with Crippen LogP contribution >= 0.6 is 15.9 Å². The Kier molecular flexibility index (Phi) is 9.11. The molecule has 13 heteroatoms. The van der Waals surface area contributed by atoms with Crippen molar-refractivity contribution in [3.63, 3.8) is 0 Å². The highest BCUT2D eigenvalue weighted by Crippen LogP contribution is 2.37. The van der Waals surface area contributed by atoms with Crippen molar-refractivity contribution in [2.75, 3.05) is 31.4 Å². The summed E-state index contributed by atoms with van der Waals surface area (Å²) in [7, 11) is -3.44. The van der Waals surface area contributed by atoms with E-state index in [-0.39, 0.29) is 23.2 Å². The fourth-order valence-corrected chi connectivity index (χ4v) is 6.21. The van der Waals surface area contributed by atoms with E-state index in [1.807, 2.05) is 0 Å². The second-order valence-corrected chi connectivity index (χ2v) is 11.3. The molecule has 1 aromatic heterocycles. The number of aromatic nitrogens is 2. The molecule has 8 nitrogen and oxygen atoms in total. The van der Waals surface area contributed by atoms with E-state index in [1.54, 1.807) is 10.9 Å². The number of benzene rings is 1. The zero-order valence-corrected chi connectivity index (χ0v) is 22.5. The van der Waals surface area contributed by atoms with Gasteiger partial charge in [0.15, 0.2) is 12.1 Å². The third kappa shape index (κ3) is 6.28. The summed E-state index contributed by atoms with van der Waals surface area (Å²) < 4.78 is 89.6. The van der Waals surface area contributed by atoms with Crippen molar-refractivity contribution in [1.82, 2.24) is 9.78 Å². The highest BCUT2D eigenvalue weighted by molar-refractivity contribution is 9.10. The Hall–Kier alpha value is -2.19. The van der Waals surface area contributed by atoms with Gasteiger partial charge >= 0.3 is 0 Å². The molecule has 2 heterocycles. The summed E-state index contributed by atoms with van der Waals surface area (Å²) >= 11 is 3.39. The van der Waals surface area contributed by atoms with Crippen LogP contribution in [0.4, 0.5) is 18.9 Å². The van der Waals surface area contributed by atoms with Gasteiger partial charge in [0.05, 0.1) is 23.3 Å². The van der Waals surface area contributed by atoms with E-state index in [4.69, 9.17) is 14.2 Å². The van der Waals surface area contributed by atoms with Crippen LogP contribution in [0.3, 0.4) is 0 Å². The number of anilines is 1. The number of rotatable bonds is 10. The van der Waals surface area contributed by atoms with Gasteiger partial charge in [-0.05, 0) is 59.5 Å². The Labute approximate surface area is 221 Å². The number of allylic oxidation sites excluding steroid dienone is 4. The zero-order chi connectivity index (χ0) is 26.6. The molecule has 37 heavy (non-hydrogen) atoms. The molecule has 1 saturated heterocycles. The summed E-state index contributed by atoms with van der Waals surface area (Å²) in [6.45, 7) is 0.777. The predicted octanol–water partition coefficient (Wildman–Crippen LogP) is 5.21. The molecule has 1 aliphatic carbocycles. The third-order valence-corrected chi connectivity index (χ3v) is 8.37. The van der Waals surface area contributed by atoms with Crippen molar-refractivity contribution in [3.8, 4) is 11.3 Å². The lowest BCUT2D eigenvalue weighted by molar-refractivity contribution is -0.163. The molecule has 202 valence electrons. The van der Waals surface area contributed by atoms with Gasteiger partial charge in [0.2, 0.25) is 0 Å². The van der Waals surface area contributed by atoms with Gasteiger partial charge in [-0.1, -0.05) is 6.07 Å². The van der Waals surface area contributed by atoms with Gasteiger partial charge in [-0.25, -0.2) is 25.9 Å². The number of hydrogen-bond acceptors (Lipinski definition) is 6. The number of alkyl halides is 1. The quantitative estimate of drug-likeness (QED) is 0.346. The van der Waals surface area contributed by atoms with E-state index in [1.165, 1.54) is 25.3 Å². The number of ether oxygens (including phenoxy) is 3. The minimum absolute atomic E-state index is 0.0114. The van der Waals surface area contributed by atoms with Gasteiger partial charge in [0, 0.05) is 31.9 Å². The maximum absolute atomic E-state index is 15.8. The van der Waals surface area contributed by atoms with Gasteiger partial charge < -0.3 is 14.2 Å². The monoisotopic (exact) mass is 605 g/mol. The van der Waals surface area contributed by atoms with E-state index in [0.29, 0.717) is 28.5 Å². The molecule has 0 amide bonds. The van der Waals surface area contributed by atoms with E-state index in [2.05, 4.69) is 21.0 Å². The van der Waals surface area contributed by atoms with Crippen molar-refractivity contribution < 1.29 is 35.8 Å². The number of sulfonamides is 1. The summed E-state index contributed by atoms with van der Waals surface area (Å²) in [5.41, 5.74) is -0.140. The highest BCUT2D eigenvalue weighted by Gasteiger charge is 2.35. The first-order chi connectivity index (χ1) is 17.7.